The highest BCUT2D eigenvalue weighted by atomic mass is 32.2. The van der Waals surface area contributed by atoms with E-state index in [1.807, 2.05) is 56.0 Å². The Morgan fingerprint density at radius 1 is 1.08 bits per heavy atom. The summed E-state index contributed by atoms with van der Waals surface area (Å²) in [5.74, 6) is 2.73. The molecule has 124 valence electrons. The molecule has 9 heteroatoms. The summed E-state index contributed by atoms with van der Waals surface area (Å²) in [5, 5.41) is 9.31. The lowest BCUT2D eigenvalue weighted by Crippen LogP contribution is -2.16. The van der Waals surface area contributed by atoms with Gasteiger partial charge >= 0.3 is 0 Å². The highest BCUT2D eigenvalue weighted by molar-refractivity contribution is 7.98. The van der Waals surface area contributed by atoms with E-state index in [4.69, 9.17) is 5.73 Å². The van der Waals surface area contributed by atoms with Crippen LogP contribution in [0, 0.1) is 0 Å². The fraction of sp³-hybridized carbons (Fsp3) is 0.267. The minimum absolute atomic E-state index is 0.215. The fourth-order valence-electron chi connectivity index (χ4n) is 2.10. The molecule has 2 N–H and O–H groups in total. The highest BCUT2D eigenvalue weighted by Gasteiger charge is 2.13. The average molecular weight is 342 g/mol. The van der Waals surface area contributed by atoms with E-state index in [9.17, 15) is 0 Å². The van der Waals surface area contributed by atoms with Crippen LogP contribution < -0.4 is 10.6 Å². The molecule has 0 saturated carbocycles. The Labute approximate surface area is 144 Å². The van der Waals surface area contributed by atoms with E-state index < -0.39 is 0 Å². The molecule has 0 aliphatic rings. The van der Waals surface area contributed by atoms with Crippen molar-refractivity contribution in [3.8, 4) is 11.4 Å². The van der Waals surface area contributed by atoms with Gasteiger partial charge in [-0.1, -0.05) is 42.1 Å². The molecule has 24 heavy (non-hydrogen) atoms. The number of aromatic nitrogens is 6. The van der Waals surface area contributed by atoms with Crippen molar-refractivity contribution >= 4 is 23.7 Å². The molecule has 3 rings (SSSR count). The number of anilines is 2. The molecule has 8 nitrogen and oxygen atoms in total. The van der Waals surface area contributed by atoms with Gasteiger partial charge in [0, 0.05) is 26.7 Å². The van der Waals surface area contributed by atoms with Gasteiger partial charge in [-0.2, -0.15) is 15.0 Å². The summed E-state index contributed by atoms with van der Waals surface area (Å²) in [6.45, 7) is 0. The lowest BCUT2D eigenvalue weighted by atomic mass is 10.2. The Kier molecular flexibility index (Phi) is 4.61. The second-order valence-corrected chi connectivity index (χ2v) is 6.27. The number of hydrogen-bond acceptors (Lipinski definition) is 8. The van der Waals surface area contributed by atoms with Crippen molar-refractivity contribution in [1.82, 2.24) is 29.7 Å². The Morgan fingerprint density at radius 2 is 1.83 bits per heavy atom. The van der Waals surface area contributed by atoms with Gasteiger partial charge in [0.05, 0.1) is 5.75 Å². The third kappa shape index (κ3) is 3.46. The molecule has 0 aliphatic carbocycles. The molecule has 0 fully saturated rings. The van der Waals surface area contributed by atoms with Crippen LogP contribution in [0.15, 0.2) is 35.5 Å². The summed E-state index contributed by atoms with van der Waals surface area (Å²) >= 11 is 1.51. The summed E-state index contributed by atoms with van der Waals surface area (Å²) in [6, 6.07) is 9.95. The molecule has 0 atom stereocenters. The number of nitrogen functional groups attached to an aromatic ring is 1. The van der Waals surface area contributed by atoms with Crippen molar-refractivity contribution in [2.24, 2.45) is 7.05 Å². The second kappa shape index (κ2) is 6.83. The number of hydrogen-bond donors (Lipinski definition) is 1. The largest absolute Gasteiger partial charge is 0.368 e. The minimum Gasteiger partial charge on any atom is -0.368 e. The maximum absolute atomic E-state index is 5.74. The average Bonchev–Trinajstić information content (AvgIpc) is 2.94. The van der Waals surface area contributed by atoms with Crippen molar-refractivity contribution in [2.45, 2.75) is 10.9 Å². The van der Waals surface area contributed by atoms with Crippen LogP contribution in [0.4, 0.5) is 11.9 Å². The number of thioether (sulfide) groups is 1. The standard InChI is InChI=1S/C15H18N8S/c1-22(2)14-18-11(17-13(16)19-14)9-24-15-21-20-12(23(15)3)10-7-5-4-6-8-10/h4-8H,9H2,1-3H3,(H2,16,17,18,19). The first-order chi connectivity index (χ1) is 11.5. The maximum atomic E-state index is 5.74. The summed E-state index contributed by atoms with van der Waals surface area (Å²) < 4.78 is 1.96. The van der Waals surface area contributed by atoms with Crippen molar-refractivity contribution in [3.05, 3.63) is 36.2 Å². The lowest BCUT2D eigenvalue weighted by Gasteiger charge is -2.11. The van der Waals surface area contributed by atoms with Crippen LogP contribution >= 0.6 is 11.8 Å². The molecule has 1 aromatic carbocycles. The molecule has 2 aromatic heterocycles. The Hall–Kier alpha value is -2.68. The summed E-state index contributed by atoms with van der Waals surface area (Å²) in [7, 11) is 5.67. The number of rotatable bonds is 5. The monoisotopic (exact) mass is 342 g/mol. The van der Waals surface area contributed by atoms with Crippen molar-refractivity contribution < 1.29 is 0 Å². The van der Waals surface area contributed by atoms with Gasteiger partial charge in [0.2, 0.25) is 11.9 Å². The molecule has 3 aromatic rings. The first kappa shape index (κ1) is 16.2. The smallest absolute Gasteiger partial charge is 0.229 e. The normalized spacial score (nSPS) is 10.8. The van der Waals surface area contributed by atoms with Gasteiger partial charge in [0.15, 0.2) is 11.0 Å². The molecule has 0 radical (unpaired) electrons. The topological polar surface area (TPSA) is 98.6 Å². The molecule has 0 aliphatic heterocycles. The second-order valence-electron chi connectivity index (χ2n) is 5.32. The SMILES string of the molecule is CN(C)c1nc(N)nc(CSc2nnc(-c3ccccc3)n2C)n1. The van der Waals surface area contributed by atoms with Gasteiger partial charge in [-0.15, -0.1) is 10.2 Å². The predicted molar refractivity (Wildman–Crippen MR) is 94.6 cm³/mol. The quantitative estimate of drug-likeness (QED) is 0.698. The maximum Gasteiger partial charge on any atom is 0.229 e. The zero-order valence-corrected chi connectivity index (χ0v) is 14.5. The first-order valence-corrected chi connectivity index (χ1v) is 8.28. The predicted octanol–water partition coefficient (Wildman–Crippen LogP) is 1.61. The lowest BCUT2D eigenvalue weighted by molar-refractivity contribution is 0.792. The molecular formula is C15H18N8S. The Balaban J connectivity index is 1.78. The molecule has 0 unspecified atom stereocenters. The molecular weight excluding hydrogens is 324 g/mol. The molecule has 0 spiro atoms. The zero-order chi connectivity index (χ0) is 17.1. The minimum atomic E-state index is 0.215. The number of benzene rings is 1. The van der Waals surface area contributed by atoms with Crippen LogP contribution in [0.3, 0.4) is 0 Å². The summed E-state index contributed by atoms with van der Waals surface area (Å²) in [6.07, 6.45) is 0. The molecule has 2 heterocycles. The molecule has 0 bridgehead atoms. The van der Waals surface area contributed by atoms with Crippen molar-refractivity contribution in [2.75, 3.05) is 24.7 Å². The Morgan fingerprint density at radius 3 is 2.54 bits per heavy atom. The number of nitrogens with zero attached hydrogens (tertiary/aromatic N) is 7. The van der Waals surface area contributed by atoms with Gasteiger partial charge in [0.1, 0.15) is 5.82 Å². The first-order valence-electron chi connectivity index (χ1n) is 7.30. The molecule has 0 amide bonds. The highest BCUT2D eigenvalue weighted by Crippen LogP contribution is 2.24. The Bertz CT molecular complexity index is 831. The van der Waals surface area contributed by atoms with Crippen molar-refractivity contribution in [3.63, 3.8) is 0 Å². The van der Waals surface area contributed by atoms with Gasteiger partial charge in [-0.05, 0) is 0 Å². The third-order valence-electron chi connectivity index (χ3n) is 3.28. The molecule has 0 saturated heterocycles. The zero-order valence-electron chi connectivity index (χ0n) is 13.7. The van der Waals surface area contributed by atoms with Crippen LogP contribution in [0.25, 0.3) is 11.4 Å². The summed E-state index contributed by atoms with van der Waals surface area (Å²) in [5.41, 5.74) is 6.77. The van der Waals surface area contributed by atoms with Crippen LogP contribution in [-0.2, 0) is 12.8 Å². The van der Waals surface area contributed by atoms with E-state index in [0.717, 1.165) is 16.5 Å². The van der Waals surface area contributed by atoms with Gasteiger partial charge < -0.3 is 15.2 Å². The van der Waals surface area contributed by atoms with E-state index in [1.165, 1.54) is 11.8 Å². The van der Waals surface area contributed by atoms with Crippen LogP contribution in [0.1, 0.15) is 5.82 Å². The van der Waals surface area contributed by atoms with Crippen LogP contribution in [0.5, 0.6) is 0 Å². The van der Waals surface area contributed by atoms with E-state index in [0.29, 0.717) is 17.5 Å². The van der Waals surface area contributed by atoms with E-state index in [-0.39, 0.29) is 5.95 Å². The van der Waals surface area contributed by atoms with Gasteiger partial charge in [-0.3, -0.25) is 0 Å². The summed E-state index contributed by atoms with van der Waals surface area (Å²) in [4.78, 5) is 14.4. The number of nitrogens with two attached hydrogens (primary N) is 1. The van der Waals surface area contributed by atoms with E-state index in [2.05, 4.69) is 25.1 Å². The van der Waals surface area contributed by atoms with Gasteiger partial charge in [-0.25, -0.2) is 0 Å². The van der Waals surface area contributed by atoms with Crippen LogP contribution in [0.2, 0.25) is 0 Å². The van der Waals surface area contributed by atoms with E-state index in [1.54, 1.807) is 4.90 Å². The fourth-order valence-corrected chi connectivity index (χ4v) is 2.86. The van der Waals surface area contributed by atoms with E-state index >= 15 is 0 Å². The third-order valence-corrected chi connectivity index (χ3v) is 4.30. The van der Waals surface area contributed by atoms with Crippen LogP contribution in [-0.4, -0.2) is 43.8 Å². The van der Waals surface area contributed by atoms with Crippen molar-refractivity contribution in [1.29, 1.82) is 0 Å². The van der Waals surface area contributed by atoms with Gasteiger partial charge in [0.25, 0.3) is 0 Å².